The second-order valence-corrected chi connectivity index (χ2v) is 6.08. The lowest BCUT2D eigenvalue weighted by atomic mass is 9.95. The number of hydrogen-bond donors (Lipinski definition) is 1. The summed E-state index contributed by atoms with van der Waals surface area (Å²) in [6, 6.07) is 9.40. The zero-order valence-corrected chi connectivity index (χ0v) is 13.9. The minimum atomic E-state index is -0.353. The molecule has 0 aliphatic heterocycles. The van der Waals surface area contributed by atoms with Crippen molar-refractivity contribution in [1.29, 1.82) is 0 Å². The van der Waals surface area contributed by atoms with E-state index in [1.54, 1.807) is 4.68 Å². The lowest BCUT2D eigenvalue weighted by Gasteiger charge is -2.18. The Kier molecular flexibility index (Phi) is 4.64. The number of esters is 1. The van der Waals surface area contributed by atoms with Crippen LogP contribution in [0.25, 0.3) is 5.69 Å². The van der Waals surface area contributed by atoms with Crippen molar-refractivity contribution < 1.29 is 14.3 Å². The number of carbonyl (C=O) groups excluding carboxylic acids is 2. The van der Waals surface area contributed by atoms with Gasteiger partial charge in [-0.3, -0.25) is 9.59 Å². The summed E-state index contributed by atoms with van der Waals surface area (Å²) >= 11 is 0. The van der Waals surface area contributed by atoms with E-state index in [2.05, 4.69) is 10.4 Å². The van der Waals surface area contributed by atoms with Crippen LogP contribution in [0.15, 0.2) is 36.5 Å². The highest BCUT2D eigenvalue weighted by Crippen LogP contribution is 2.34. The van der Waals surface area contributed by atoms with Crippen molar-refractivity contribution >= 4 is 17.6 Å². The van der Waals surface area contributed by atoms with Crippen LogP contribution >= 0.6 is 0 Å². The normalized spacial score (nSPS) is 19.9. The summed E-state index contributed by atoms with van der Waals surface area (Å²) in [7, 11) is 1.37. The Morgan fingerprint density at radius 3 is 2.67 bits per heavy atom. The zero-order chi connectivity index (χ0) is 17.1. The van der Waals surface area contributed by atoms with Gasteiger partial charge in [0.1, 0.15) is 0 Å². The third kappa shape index (κ3) is 3.18. The first kappa shape index (κ1) is 16.2. The van der Waals surface area contributed by atoms with Crippen molar-refractivity contribution in [2.45, 2.75) is 26.2 Å². The van der Waals surface area contributed by atoms with Gasteiger partial charge < -0.3 is 10.1 Å². The van der Waals surface area contributed by atoms with Crippen molar-refractivity contribution in [3.63, 3.8) is 0 Å². The first-order valence-corrected chi connectivity index (χ1v) is 8.10. The van der Waals surface area contributed by atoms with Crippen LogP contribution in [0.1, 0.15) is 25.0 Å². The molecule has 6 nitrogen and oxygen atoms in total. The maximum atomic E-state index is 12.7. The molecule has 1 aliphatic carbocycles. The van der Waals surface area contributed by atoms with Crippen LogP contribution in [-0.2, 0) is 14.3 Å². The first-order chi connectivity index (χ1) is 11.6. The molecule has 2 aromatic rings. The smallest absolute Gasteiger partial charge is 0.309 e. The van der Waals surface area contributed by atoms with Crippen LogP contribution in [0.2, 0.25) is 0 Å². The molecule has 1 fully saturated rings. The number of ether oxygens (including phenoxy) is 1. The zero-order valence-electron chi connectivity index (χ0n) is 13.9. The largest absolute Gasteiger partial charge is 0.469 e. The molecule has 0 radical (unpaired) electrons. The van der Waals surface area contributed by atoms with E-state index in [0.29, 0.717) is 18.5 Å². The molecular formula is C18H21N3O3. The third-order valence-corrected chi connectivity index (χ3v) is 4.49. The minimum Gasteiger partial charge on any atom is -0.469 e. The summed E-state index contributed by atoms with van der Waals surface area (Å²) in [5.41, 5.74) is 2.38. The van der Waals surface area contributed by atoms with Gasteiger partial charge in [-0.25, -0.2) is 4.68 Å². The van der Waals surface area contributed by atoms with Gasteiger partial charge in [0.2, 0.25) is 5.91 Å². The summed E-state index contributed by atoms with van der Waals surface area (Å²) in [6.45, 7) is 1.91. The molecule has 0 bridgehead atoms. The molecule has 1 saturated carbocycles. The molecule has 1 amide bonds. The molecule has 1 aliphatic rings. The molecule has 0 unspecified atom stereocenters. The Morgan fingerprint density at radius 1 is 1.21 bits per heavy atom. The van der Waals surface area contributed by atoms with Crippen LogP contribution in [0.5, 0.6) is 0 Å². The Labute approximate surface area is 140 Å². The molecule has 1 heterocycles. The van der Waals surface area contributed by atoms with Crippen molar-refractivity contribution in [3.05, 3.63) is 42.2 Å². The van der Waals surface area contributed by atoms with Gasteiger partial charge in [-0.05, 0) is 38.0 Å². The van der Waals surface area contributed by atoms with Crippen molar-refractivity contribution in [2.24, 2.45) is 11.8 Å². The monoisotopic (exact) mass is 327 g/mol. The number of carbonyl (C=O) groups is 2. The van der Waals surface area contributed by atoms with Crippen LogP contribution in [0.4, 0.5) is 5.69 Å². The third-order valence-electron chi connectivity index (χ3n) is 4.49. The number of nitrogens with one attached hydrogen (secondary N) is 1. The topological polar surface area (TPSA) is 73.2 Å². The molecule has 1 aromatic carbocycles. The number of anilines is 1. The van der Waals surface area contributed by atoms with Crippen molar-refractivity contribution in [3.8, 4) is 5.69 Å². The molecule has 2 atom stereocenters. The minimum absolute atomic E-state index is 0.140. The van der Waals surface area contributed by atoms with E-state index < -0.39 is 0 Å². The lowest BCUT2D eigenvalue weighted by Crippen LogP contribution is -2.31. The van der Waals surface area contributed by atoms with E-state index in [4.69, 9.17) is 4.74 Å². The molecular weight excluding hydrogens is 306 g/mol. The Balaban J connectivity index is 1.81. The lowest BCUT2D eigenvalue weighted by molar-refractivity contribution is -0.148. The molecule has 0 saturated heterocycles. The quantitative estimate of drug-likeness (QED) is 0.876. The van der Waals surface area contributed by atoms with E-state index >= 15 is 0 Å². The number of methoxy groups -OCH3 is 1. The second-order valence-electron chi connectivity index (χ2n) is 6.08. The number of nitrogens with zero attached hydrogens (tertiary/aromatic N) is 2. The van der Waals surface area contributed by atoms with E-state index in [1.165, 1.54) is 7.11 Å². The standard InChI is InChI=1S/C18H21N3O3/c1-12-10-11-21(20-12)16-9-4-3-8-15(16)19-17(22)13-6-5-7-14(13)18(23)24-2/h3-4,8-11,13-14H,5-7H2,1-2H3,(H,19,22)/t13-,14+/m0/s1. The summed E-state index contributed by atoms with van der Waals surface area (Å²) in [5.74, 6) is -1.14. The number of amides is 1. The van der Waals surface area contributed by atoms with Gasteiger partial charge in [-0.1, -0.05) is 18.6 Å². The van der Waals surface area contributed by atoms with Crippen LogP contribution in [0, 0.1) is 18.8 Å². The van der Waals surface area contributed by atoms with Gasteiger partial charge in [0.05, 0.1) is 36.0 Å². The van der Waals surface area contributed by atoms with Gasteiger partial charge in [0.25, 0.3) is 0 Å². The molecule has 0 spiro atoms. The van der Waals surface area contributed by atoms with Crippen LogP contribution < -0.4 is 5.32 Å². The Hall–Kier alpha value is -2.63. The SMILES string of the molecule is COC(=O)[C@@H]1CCC[C@@H]1C(=O)Nc1ccccc1-n1ccc(C)n1. The van der Waals surface area contributed by atoms with Gasteiger partial charge in [0.15, 0.2) is 0 Å². The van der Waals surface area contributed by atoms with Gasteiger partial charge >= 0.3 is 5.97 Å². The molecule has 1 N–H and O–H groups in total. The summed E-state index contributed by atoms with van der Waals surface area (Å²) in [6.07, 6.45) is 4.12. The van der Waals surface area contributed by atoms with Crippen LogP contribution in [-0.4, -0.2) is 28.8 Å². The molecule has 126 valence electrons. The first-order valence-electron chi connectivity index (χ1n) is 8.10. The van der Waals surface area contributed by atoms with Crippen molar-refractivity contribution in [2.75, 3.05) is 12.4 Å². The number of aryl methyl sites for hydroxylation is 1. The molecule has 3 rings (SSSR count). The molecule has 24 heavy (non-hydrogen) atoms. The fourth-order valence-corrected chi connectivity index (χ4v) is 3.26. The predicted octanol–water partition coefficient (Wildman–Crippen LogP) is 2.71. The highest BCUT2D eigenvalue weighted by molar-refractivity contribution is 5.97. The van der Waals surface area contributed by atoms with Gasteiger partial charge in [0, 0.05) is 6.20 Å². The highest BCUT2D eigenvalue weighted by Gasteiger charge is 2.38. The maximum Gasteiger partial charge on any atom is 0.309 e. The van der Waals surface area contributed by atoms with E-state index in [-0.39, 0.29) is 23.7 Å². The fourth-order valence-electron chi connectivity index (χ4n) is 3.26. The second kappa shape index (κ2) is 6.86. The number of rotatable bonds is 4. The Bertz CT molecular complexity index is 753. The average molecular weight is 327 g/mol. The maximum absolute atomic E-state index is 12.7. The number of para-hydroxylation sites is 2. The predicted molar refractivity (Wildman–Crippen MR) is 89.8 cm³/mol. The summed E-state index contributed by atoms with van der Waals surface area (Å²) in [4.78, 5) is 24.5. The highest BCUT2D eigenvalue weighted by atomic mass is 16.5. The van der Waals surface area contributed by atoms with E-state index in [0.717, 1.165) is 17.8 Å². The fraction of sp³-hybridized carbons (Fsp3) is 0.389. The van der Waals surface area contributed by atoms with Gasteiger partial charge in [-0.2, -0.15) is 5.10 Å². The summed E-state index contributed by atoms with van der Waals surface area (Å²) in [5, 5.41) is 7.36. The molecule has 1 aromatic heterocycles. The number of benzene rings is 1. The summed E-state index contributed by atoms with van der Waals surface area (Å²) < 4.78 is 6.56. The van der Waals surface area contributed by atoms with Crippen molar-refractivity contribution in [1.82, 2.24) is 9.78 Å². The van der Waals surface area contributed by atoms with E-state index in [1.807, 2.05) is 43.5 Å². The van der Waals surface area contributed by atoms with E-state index in [9.17, 15) is 9.59 Å². The Morgan fingerprint density at radius 2 is 1.96 bits per heavy atom. The number of aromatic nitrogens is 2. The average Bonchev–Trinajstić information content (AvgIpc) is 3.23. The van der Waals surface area contributed by atoms with Gasteiger partial charge in [-0.15, -0.1) is 0 Å². The number of hydrogen-bond acceptors (Lipinski definition) is 4. The van der Waals surface area contributed by atoms with Crippen LogP contribution in [0.3, 0.4) is 0 Å². The molecule has 6 heteroatoms.